The molecule has 0 radical (unpaired) electrons. The van der Waals surface area contributed by atoms with Gasteiger partial charge in [-0.25, -0.2) is 9.78 Å². The molecule has 0 amide bonds. The Morgan fingerprint density at radius 2 is 1.91 bits per heavy atom. The normalized spacial score (nSPS) is 11.2. The molecular formula is C25H19N3O4. The van der Waals surface area contributed by atoms with Crippen molar-refractivity contribution < 1.29 is 19.4 Å². The van der Waals surface area contributed by atoms with E-state index in [4.69, 9.17) is 14.6 Å². The van der Waals surface area contributed by atoms with E-state index >= 15 is 0 Å². The molecule has 2 N–H and O–H groups in total. The molecule has 4 aromatic rings. The molecular weight excluding hydrogens is 406 g/mol. The van der Waals surface area contributed by atoms with Crippen molar-refractivity contribution in [3.63, 3.8) is 0 Å². The third-order valence-corrected chi connectivity index (χ3v) is 4.86. The number of benzene rings is 3. The van der Waals surface area contributed by atoms with Gasteiger partial charge in [0.05, 0.1) is 29.3 Å². The topological polar surface area (TPSA) is 108 Å². The summed E-state index contributed by atoms with van der Waals surface area (Å²) in [6.07, 6.45) is 1.73. The number of nitrogens with zero attached hydrogens (tertiary/aromatic N) is 2. The summed E-state index contributed by atoms with van der Waals surface area (Å²) in [7, 11) is 1.54. The Hall–Kier alpha value is -4.57. The lowest BCUT2D eigenvalue weighted by Crippen LogP contribution is -2.00. The average molecular weight is 425 g/mol. The number of carbonyl (C=O) groups is 1. The van der Waals surface area contributed by atoms with Crippen molar-refractivity contribution in [2.45, 2.75) is 6.61 Å². The average Bonchev–Trinajstić information content (AvgIpc) is 3.25. The van der Waals surface area contributed by atoms with Crippen LogP contribution < -0.4 is 9.47 Å². The first kappa shape index (κ1) is 20.7. The van der Waals surface area contributed by atoms with Crippen molar-refractivity contribution in [1.29, 1.82) is 5.26 Å². The van der Waals surface area contributed by atoms with Crippen LogP contribution in [0.15, 0.2) is 66.7 Å². The van der Waals surface area contributed by atoms with Gasteiger partial charge in [0.25, 0.3) is 0 Å². The van der Waals surface area contributed by atoms with Crippen LogP contribution in [0, 0.1) is 11.3 Å². The van der Waals surface area contributed by atoms with Crippen molar-refractivity contribution in [2.75, 3.05) is 7.11 Å². The third kappa shape index (κ3) is 4.45. The molecule has 0 unspecified atom stereocenters. The zero-order valence-electron chi connectivity index (χ0n) is 17.2. The number of hydrogen-bond donors (Lipinski definition) is 2. The quantitative estimate of drug-likeness (QED) is 0.407. The van der Waals surface area contributed by atoms with E-state index in [9.17, 15) is 10.1 Å². The second-order valence-corrected chi connectivity index (χ2v) is 6.97. The van der Waals surface area contributed by atoms with E-state index in [1.165, 1.54) is 12.1 Å². The highest BCUT2D eigenvalue weighted by Crippen LogP contribution is 2.30. The van der Waals surface area contributed by atoms with E-state index < -0.39 is 5.97 Å². The number of ether oxygens (including phenoxy) is 2. The minimum Gasteiger partial charge on any atom is -0.493 e. The Kier molecular flexibility index (Phi) is 5.86. The SMILES string of the molecule is COc1cc(C=C(C#N)c2nc3ccccc3[nH]2)ccc1OCc1ccc(C(=O)O)cc1. The lowest BCUT2D eigenvalue weighted by molar-refractivity contribution is 0.0697. The van der Waals surface area contributed by atoms with Crippen LogP contribution in [0.5, 0.6) is 11.5 Å². The molecule has 1 aromatic heterocycles. The van der Waals surface area contributed by atoms with Gasteiger partial charge in [0.2, 0.25) is 0 Å². The van der Waals surface area contributed by atoms with Crippen LogP contribution in [-0.4, -0.2) is 28.2 Å². The van der Waals surface area contributed by atoms with Gasteiger partial charge in [0.1, 0.15) is 18.5 Å². The van der Waals surface area contributed by atoms with Gasteiger partial charge in [-0.2, -0.15) is 5.26 Å². The molecule has 0 atom stereocenters. The summed E-state index contributed by atoms with van der Waals surface area (Å²) in [5.74, 6) is 0.581. The molecule has 4 rings (SSSR count). The molecule has 7 heteroatoms. The number of aromatic amines is 1. The molecule has 0 spiro atoms. The summed E-state index contributed by atoms with van der Waals surface area (Å²) in [6.45, 7) is 0.258. The van der Waals surface area contributed by atoms with Crippen molar-refractivity contribution in [3.8, 4) is 17.6 Å². The standard InChI is InChI=1S/C25H19N3O4/c1-31-23-13-17(12-19(14-26)24-27-20-4-2-3-5-21(20)28-24)8-11-22(23)32-15-16-6-9-18(10-7-16)25(29)30/h2-13H,15H2,1H3,(H,27,28)(H,29,30). The van der Waals surface area contributed by atoms with Gasteiger partial charge in [-0.1, -0.05) is 30.3 Å². The fourth-order valence-corrected chi connectivity index (χ4v) is 3.20. The molecule has 3 aromatic carbocycles. The molecule has 158 valence electrons. The van der Waals surface area contributed by atoms with Crippen molar-refractivity contribution in [1.82, 2.24) is 9.97 Å². The molecule has 32 heavy (non-hydrogen) atoms. The zero-order chi connectivity index (χ0) is 22.5. The van der Waals surface area contributed by atoms with E-state index in [0.717, 1.165) is 22.2 Å². The number of nitriles is 1. The minimum atomic E-state index is -0.970. The maximum Gasteiger partial charge on any atom is 0.335 e. The largest absolute Gasteiger partial charge is 0.493 e. The predicted octanol–water partition coefficient (Wildman–Crippen LogP) is 4.91. The molecule has 0 aliphatic carbocycles. The first-order valence-electron chi connectivity index (χ1n) is 9.77. The summed E-state index contributed by atoms with van der Waals surface area (Å²) >= 11 is 0. The second kappa shape index (κ2) is 9.06. The fourth-order valence-electron chi connectivity index (χ4n) is 3.20. The fraction of sp³-hybridized carbons (Fsp3) is 0.0800. The lowest BCUT2D eigenvalue weighted by atomic mass is 10.1. The molecule has 0 saturated carbocycles. The monoisotopic (exact) mass is 425 g/mol. The zero-order valence-corrected chi connectivity index (χ0v) is 17.2. The highest BCUT2D eigenvalue weighted by Gasteiger charge is 2.10. The number of aromatic nitrogens is 2. The predicted molar refractivity (Wildman–Crippen MR) is 120 cm³/mol. The van der Waals surface area contributed by atoms with Crippen molar-refractivity contribution in [3.05, 3.63) is 89.2 Å². The Morgan fingerprint density at radius 1 is 1.12 bits per heavy atom. The number of carboxylic acids is 1. The Morgan fingerprint density at radius 3 is 2.59 bits per heavy atom. The lowest BCUT2D eigenvalue weighted by Gasteiger charge is -2.12. The number of carboxylic acid groups (broad SMARTS) is 1. The summed E-state index contributed by atoms with van der Waals surface area (Å²) < 4.78 is 11.3. The van der Waals surface area contributed by atoms with Crippen LogP contribution in [0.1, 0.15) is 27.3 Å². The van der Waals surface area contributed by atoms with Gasteiger partial charge >= 0.3 is 5.97 Å². The van der Waals surface area contributed by atoms with Gasteiger partial charge in [-0.15, -0.1) is 0 Å². The first-order chi connectivity index (χ1) is 15.6. The first-order valence-corrected chi connectivity index (χ1v) is 9.77. The number of methoxy groups -OCH3 is 1. The van der Waals surface area contributed by atoms with Gasteiger partial charge in [-0.05, 0) is 53.6 Å². The Labute approximate surface area is 184 Å². The summed E-state index contributed by atoms with van der Waals surface area (Å²) in [5, 5.41) is 18.6. The molecule has 0 fully saturated rings. The van der Waals surface area contributed by atoms with Gasteiger partial charge in [0.15, 0.2) is 11.5 Å². The summed E-state index contributed by atoms with van der Waals surface area (Å²) in [5.41, 5.74) is 3.87. The second-order valence-electron chi connectivity index (χ2n) is 6.97. The minimum absolute atomic E-state index is 0.222. The number of allylic oxidation sites excluding steroid dienone is 1. The number of H-pyrrole nitrogens is 1. The number of rotatable bonds is 7. The summed E-state index contributed by atoms with van der Waals surface area (Å²) in [6, 6.07) is 21.6. The van der Waals surface area contributed by atoms with E-state index in [1.807, 2.05) is 30.3 Å². The Balaban J connectivity index is 1.54. The van der Waals surface area contributed by atoms with Gasteiger partial charge in [-0.3, -0.25) is 0 Å². The van der Waals surface area contributed by atoms with Crippen LogP contribution in [0.2, 0.25) is 0 Å². The van der Waals surface area contributed by atoms with Crippen molar-refractivity contribution in [2.24, 2.45) is 0 Å². The Bertz CT molecular complexity index is 1310. The molecule has 0 aliphatic heterocycles. The molecule has 1 heterocycles. The van der Waals surface area contributed by atoms with E-state index in [-0.39, 0.29) is 12.2 Å². The smallest absolute Gasteiger partial charge is 0.335 e. The molecule has 0 saturated heterocycles. The highest BCUT2D eigenvalue weighted by molar-refractivity contribution is 5.90. The van der Waals surface area contributed by atoms with Crippen LogP contribution in [0.3, 0.4) is 0 Å². The van der Waals surface area contributed by atoms with E-state index in [2.05, 4.69) is 16.0 Å². The van der Waals surface area contributed by atoms with E-state index in [1.54, 1.807) is 37.5 Å². The maximum absolute atomic E-state index is 11.0. The molecule has 0 aliphatic rings. The molecule has 0 bridgehead atoms. The summed E-state index contributed by atoms with van der Waals surface area (Å²) in [4.78, 5) is 18.6. The number of nitrogens with one attached hydrogen (secondary N) is 1. The third-order valence-electron chi connectivity index (χ3n) is 4.86. The van der Waals surface area contributed by atoms with E-state index in [0.29, 0.717) is 22.9 Å². The van der Waals surface area contributed by atoms with Crippen LogP contribution in [0.25, 0.3) is 22.7 Å². The van der Waals surface area contributed by atoms with Crippen LogP contribution >= 0.6 is 0 Å². The number of fused-ring (bicyclic) bond motifs is 1. The number of para-hydroxylation sites is 2. The molecule has 7 nitrogen and oxygen atoms in total. The maximum atomic E-state index is 11.0. The highest BCUT2D eigenvalue weighted by atomic mass is 16.5. The number of aromatic carboxylic acids is 1. The van der Waals surface area contributed by atoms with Gasteiger partial charge in [0, 0.05) is 0 Å². The van der Waals surface area contributed by atoms with Gasteiger partial charge < -0.3 is 19.6 Å². The van der Waals surface area contributed by atoms with Crippen LogP contribution in [0.4, 0.5) is 0 Å². The number of imidazole rings is 1. The van der Waals surface area contributed by atoms with Crippen molar-refractivity contribution >= 4 is 28.7 Å². The van der Waals surface area contributed by atoms with Crippen LogP contribution in [-0.2, 0) is 6.61 Å². The number of hydrogen-bond acceptors (Lipinski definition) is 5.